The second-order valence-electron chi connectivity index (χ2n) is 6.78. The molecule has 2 aromatic carbocycles. The van der Waals surface area contributed by atoms with E-state index >= 15 is 0 Å². The molecule has 3 rings (SSSR count). The molecule has 0 spiro atoms. The van der Waals surface area contributed by atoms with Crippen LogP contribution in [0.2, 0.25) is 0 Å². The number of aromatic hydroxyl groups is 1. The molecular weight excluding hydrogens is 374 g/mol. The van der Waals surface area contributed by atoms with Crippen molar-refractivity contribution in [3.8, 4) is 17.2 Å². The lowest BCUT2D eigenvalue weighted by molar-refractivity contribution is -0.120. The maximum absolute atomic E-state index is 12.5. The molecule has 0 atom stereocenters. The van der Waals surface area contributed by atoms with Gasteiger partial charge in [0.1, 0.15) is 22.8 Å². The van der Waals surface area contributed by atoms with E-state index in [1.54, 1.807) is 51.3 Å². The van der Waals surface area contributed by atoms with Crippen molar-refractivity contribution in [3.05, 3.63) is 63.0 Å². The summed E-state index contributed by atoms with van der Waals surface area (Å²) in [5, 5.41) is 13.5. The zero-order chi connectivity index (χ0) is 21.1. The van der Waals surface area contributed by atoms with Gasteiger partial charge >= 0.3 is 5.63 Å². The minimum absolute atomic E-state index is 0.0193. The van der Waals surface area contributed by atoms with Gasteiger partial charge in [-0.3, -0.25) is 4.79 Å². The van der Waals surface area contributed by atoms with Gasteiger partial charge in [-0.1, -0.05) is 0 Å². The fourth-order valence-electron chi connectivity index (χ4n) is 3.28. The van der Waals surface area contributed by atoms with Crippen molar-refractivity contribution in [1.82, 2.24) is 5.32 Å². The molecular formula is C22H23NO6. The zero-order valence-corrected chi connectivity index (χ0v) is 16.8. The fourth-order valence-corrected chi connectivity index (χ4v) is 3.28. The summed E-state index contributed by atoms with van der Waals surface area (Å²) in [6.45, 7) is 3.72. The highest BCUT2D eigenvalue weighted by Crippen LogP contribution is 2.30. The summed E-state index contributed by atoms with van der Waals surface area (Å²) in [5.41, 5.74) is 2.02. The first-order chi connectivity index (χ1) is 13.8. The Morgan fingerprint density at radius 3 is 2.59 bits per heavy atom. The molecule has 0 saturated carbocycles. The predicted molar refractivity (Wildman–Crippen MR) is 109 cm³/mol. The van der Waals surface area contributed by atoms with Crippen molar-refractivity contribution >= 4 is 16.9 Å². The number of carbonyl (C=O) groups excluding carboxylic acids is 1. The maximum atomic E-state index is 12.5. The van der Waals surface area contributed by atoms with Crippen molar-refractivity contribution in [1.29, 1.82) is 0 Å². The normalized spacial score (nSPS) is 10.8. The van der Waals surface area contributed by atoms with Crippen LogP contribution in [0.15, 0.2) is 39.5 Å². The molecule has 0 bridgehead atoms. The van der Waals surface area contributed by atoms with Crippen molar-refractivity contribution < 1.29 is 23.8 Å². The lowest BCUT2D eigenvalue weighted by atomic mass is 10.0. The van der Waals surface area contributed by atoms with Crippen LogP contribution in [-0.2, 0) is 17.8 Å². The van der Waals surface area contributed by atoms with E-state index < -0.39 is 5.63 Å². The monoisotopic (exact) mass is 397 g/mol. The molecule has 3 aromatic rings. The number of carbonyl (C=O) groups is 1. The van der Waals surface area contributed by atoms with Crippen molar-refractivity contribution in [2.45, 2.75) is 26.8 Å². The molecule has 29 heavy (non-hydrogen) atoms. The first kappa shape index (κ1) is 20.3. The number of fused-ring (bicyclic) bond motifs is 1. The molecule has 0 unspecified atom stereocenters. The van der Waals surface area contributed by atoms with Crippen LogP contribution in [0.1, 0.15) is 22.3 Å². The molecule has 0 saturated heterocycles. The molecule has 1 heterocycles. The van der Waals surface area contributed by atoms with E-state index in [-0.39, 0.29) is 30.2 Å². The number of phenolic OH excluding ortho intramolecular Hbond substituents is 1. The molecule has 7 nitrogen and oxygen atoms in total. The lowest BCUT2D eigenvalue weighted by Crippen LogP contribution is -2.27. The average Bonchev–Trinajstić information content (AvgIpc) is 2.68. The van der Waals surface area contributed by atoms with E-state index in [1.807, 2.05) is 0 Å². The molecule has 0 aliphatic heterocycles. The number of hydrogen-bond donors (Lipinski definition) is 2. The first-order valence-electron chi connectivity index (χ1n) is 9.07. The van der Waals surface area contributed by atoms with E-state index in [1.165, 1.54) is 7.11 Å². The third-order valence-corrected chi connectivity index (χ3v) is 4.81. The summed E-state index contributed by atoms with van der Waals surface area (Å²) in [6.07, 6.45) is -0.157. The van der Waals surface area contributed by atoms with Crippen LogP contribution >= 0.6 is 0 Å². The Bertz CT molecular complexity index is 1130. The number of ether oxygens (including phenoxy) is 2. The highest BCUT2D eigenvalue weighted by atomic mass is 16.5. The van der Waals surface area contributed by atoms with Gasteiger partial charge in [-0.2, -0.15) is 0 Å². The average molecular weight is 397 g/mol. The number of amides is 1. The van der Waals surface area contributed by atoms with Gasteiger partial charge in [0, 0.05) is 18.2 Å². The van der Waals surface area contributed by atoms with E-state index in [0.717, 1.165) is 11.1 Å². The Labute approximate surface area is 167 Å². The molecule has 0 radical (unpaired) electrons. The summed E-state index contributed by atoms with van der Waals surface area (Å²) in [4.78, 5) is 24.9. The molecule has 1 aromatic heterocycles. The molecule has 152 valence electrons. The summed E-state index contributed by atoms with van der Waals surface area (Å²) in [7, 11) is 3.10. The second kappa shape index (κ2) is 8.26. The van der Waals surface area contributed by atoms with Gasteiger partial charge in [0.05, 0.1) is 31.6 Å². The number of phenols is 1. The minimum Gasteiger partial charge on any atom is -0.507 e. The van der Waals surface area contributed by atoms with Crippen LogP contribution in [0.3, 0.4) is 0 Å². The summed E-state index contributed by atoms with van der Waals surface area (Å²) >= 11 is 0. The van der Waals surface area contributed by atoms with E-state index in [4.69, 9.17) is 13.9 Å². The quantitative estimate of drug-likeness (QED) is 0.621. The van der Waals surface area contributed by atoms with Gasteiger partial charge in [-0.25, -0.2) is 4.79 Å². The highest BCUT2D eigenvalue weighted by molar-refractivity contribution is 5.89. The minimum atomic E-state index is -0.586. The van der Waals surface area contributed by atoms with Crippen LogP contribution < -0.4 is 20.4 Å². The Balaban J connectivity index is 1.81. The number of hydrogen-bond acceptors (Lipinski definition) is 6. The SMILES string of the molecule is COc1ccc(CNC(=O)Cc2c(C)c3c(O)cc(C)cc3oc2=O)c(OC)c1. The predicted octanol–water partition coefficient (Wildman–Crippen LogP) is 2.99. The molecule has 0 aliphatic rings. The van der Waals surface area contributed by atoms with Crippen LogP contribution in [0.4, 0.5) is 0 Å². The lowest BCUT2D eigenvalue weighted by Gasteiger charge is -2.12. The largest absolute Gasteiger partial charge is 0.507 e. The van der Waals surface area contributed by atoms with Crippen LogP contribution in [0, 0.1) is 13.8 Å². The maximum Gasteiger partial charge on any atom is 0.340 e. The van der Waals surface area contributed by atoms with Gasteiger partial charge in [0.15, 0.2) is 0 Å². The highest BCUT2D eigenvalue weighted by Gasteiger charge is 2.17. The van der Waals surface area contributed by atoms with E-state index in [0.29, 0.717) is 28.0 Å². The number of aryl methyl sites for hydroxylation is 2. The van der Waals surface area contributed by atoms with Crippen LogP contribution in [-0.4, -0.2) is 25.2 Å². The summed E-state index contributed by atoms with van der Waals surface area (Å²) in [6, 6.07) is 8.58. The van der Waals surface area contributed by atoms with Gasteiger partial charge in [0.25, 0.3) is 0 Å². The Kier molecular flexibility index (Phi) is 5.77. The standard InChI is InChI=1S/C22H23NO6/c1-12-7-17(24)21-13(2)16(22(26)29-19(21)8-12)10-20(25)23-11-14-5-6-15(27-3)9-18(14)28-4/h5-9,24H,10-11H2,1-4H3,(H,23,25). The molecule has 0 aliphatic carbocycles. The number of benzene rings is 2. The zero-order valence-electron chi connectivity index (χ0n) is 16.8. The summed E-state index contributed by atoms with van der Waals surface area (Å²) < 4.78 is 15.8. The third-order valence-electron chi connectivity index (χ3n) is 4.81. The van der Waals surface area contributed by atoms with Crippen LogP contribution in [0.5, 0.6) is 17.2 Å². The number of nitrogens with one attached hydrogen (secondary N) is 1. The van der Waals surface area contributed by atoms with Crippen molar-refractivity contribution in [2.75, 3.05) is 14.2 Å². The van der Waals surface area contributed by atoms with Crippen molar-refractivity contribution in [2.24, 2.45) is 0 Å². The smallest absolute Gasteiger partial charge is 0.340 e. The number of rotatable bonds is 6. The van der Waals surface area contributed by atoms with Gasteiger partial charge in [-0.05, 0) is 49.2 Å². The van der Waals surface area contributed by atoms with E-state index in [9.17, 15) is 14.7 Å². The molecule has 0 fully saturated rings. The second-order valence-corrected chi connectivity index (χ2v) is 6.78. The Morgan fingerprint density at radius 1 is 1.14 bits per heavy atom. The first-order valence-corrected chi connectivity index (χ1v) is 9.07. The van der Waals surface area contributed by atoms with Gasteiger partial charge in [-0.15, -0.1) is 0 Å². The fraction of sp³-hybridized carbons (Fsp3) is 0.273. The molecule has 1 amide bonds. The molecule has 7 heteroatoms. The Hall–Kier alpha value is -3.48. The van der Waals surface area contributed by atoms with E-state index in [2.05, 4.69) is 5.32 Å². The van der Waals surface area contributed by atoms with Gasteiger partial charge in [0.2, 0.25) is 5.91 Å². The van der Waals surface area contributed by atoms with Crippen molar-refractivity contribution in [3.63, 3.8) is 0 Å². The third kappa shape index (κ3) is 4.18. The summed E-state index contributed by atoms with van der Waals surface area (Å²) in [5.74, 6) is 0.915. The topological polar surface area (TPSA) is 98.0 Å². The number of methoxy groups -OCH3 is 2. The van der Waals surface area contributed by atoms with Crippen LogP contribution in [0.25, 0.3) is 11.0 Å². The Morgan fingerprint density at radius 2 is 1.90 bits per heavy atom. The molecule has 2 N–H and O–H groups in total. The van der Waals surface area contributed by atoms with Gasteiger partial charge < -0.3 is 24.3 Å².